The quantitative estimate of drug-likeness (QED) is 0.00846. The van der Waals surface area contributed by atoms with Gasteiger partial charge >= 0.3 is 0 Å². The summed E-state index contributed by atoms with van der Waals surface area (Å²) in [5.41, 5.74) is 39.4. The number of amidine groups is 2. The van der Waals surface area contributed by atoms with Crippen molar-refractivity contribution in [3.63, 3.8) is 0 Å². The second-order valence-electron chi connectivity index (χ2n) is 21.6. The molecular weight excluding hydrogens is 1340 g/mol. The van der Waals surface area contributed by atoms with Gasteiger partial charge in [-0.3, -0.25) is 44.8 Å². The molecule has 0 spiro atoms. The summed E-state index contributed by atoms with van der Waals surface area (Å²) < 4.78 is 65.7. The molecule has 5 aromatic carbocycles. The molecule has 520 valence electrons. The Hall–Kier alpha value is -8.46. The van der Waals surface area contributed by atoms with Gasteiger partial charge in [0.15, 0.2) is 40.1 Å². The van der Waals surface area contributed by atoms with Crippen LogP contribution in [-0.4, -0.2) is 160 Å². The first-order valence-electron chi connectivity index (χ1n) is 30.3. The van der Waals surface area contributed by atoms with E-state index in [2.05, 4.69) is 24.4 Å². The highest BCUT2D eigenvalue weighted by atomic mass is 35.5. The summed E-state index contributed by atoms with van der Waals surface area (Å²) in [4.78, 5) is 75.4. The molecule has 1 amide bonds. The van der Waals surface area contributed by atoms with Crippen LogP contribution >= 0.6 is 34.5 Å². The predicted molar refractivity (Wildman–Crippen MR) is 375 cm³/mol. The number of β-amino-alcohol motifs (C(OH)–C–C–N with tert-alkyl or cyclic N) is 1. The number of aliphatic hydroxyl groups excluding tert-OH is 1. The number of unbranched alkanes of at least 4 members (excludes halogenated alkanes) is 1. The minimum absolute atomic E-state index is 0.0258. The smallest absolute Gasteiger partial charge is 0.241 e. The Kier molecular flexibility index (Phi) is 34.6. The number of nitrogens with one attached hydrogen (secondary N) is 4. The second kappa shape index (κ2) is 41.5. The van der Waals surface area contributed by atoms with E-state index in [0.717, 1.165) is 34.6 Å². The Labute approximate surface area is 573 Å². The number of aliphatic imine (C=N–C) groups is 2. The molecule has 1 aliphatic rings. The average Bonchev–Trinajstić information content (AvgIpc) is 1.50. The topological polar surface area (TPSA) is 487 Å². The number of ketones is 4. The normalized spacial score (nSPS) is 14.3. The molecule has 1 fully saturated rings. The number of nitrogen functional groups attached to an aromatic ring is 2. The lowest BCUT2D eigenvalue weighted by atomic mass is 9.90. The van der Waals surface area contributed by atoms with Crippen LogP contribution in [-0.2, 0) is 39.2 Å². The molecule has 0 saturated carbocycles. The average molecular weight is 1420 g/mol. The highest BCUT2D eigenvalue weighted by Crippen LogP contribution is 2.29. The van der Waals surface area contributed by atoms with E-state index in [4.69, 9.17) is 83.6 Å². The molecule has 0 aliphatic carbocycles. The van der Waals surface area contributed by atoms with E-state index in [0.29, 0.717) is 81.1 Å². The number of benzene rings is 5. The Morgan fingerprint density at radius 2 is 1.09 bits per heavy atom. The second-order valence-corrected chi connectivity index (χ2v) is 26.6. The highest BCUT2D eigenvalue weighted by Gasteiger charge is 2.39. The summed E-state index contributed by atoms with van der Waals surface area (Å²) in [7, 11) is -7.50. The maximum absolute atomic E-state index is 13.3. The van der Waals surface area contributed by atoms with Gasteiger partial charge in [-0.25, -0.2) is 31.3 Å². The number of aliphatic hydroxyl groups is 1. The molecule has 7 rings (SSSR count). The third-order valence-corrected chi connectivity index (χ3v) is 18.7. The SMILES string of the molecule is CC(=O)N1C[C@H](O)C[C@H]1C(=O)C[C@@H](CCCN=C(N)N)C(=O)c1nc2ccccc2s1.N=C(N)c1ccc(OCCCOc2ccc(C(=N)N)cc2)cc1.NC(N)=NCCC[C@H](NS(=O)(=O)c1ccccc1)C(=O)CCl.NCCCC[C@H](NS(=O)(=O)c1ccccc1)C(=O)CCl. The molecule has 19 N–H and O–H groups in total. The molecule has 1 aliphatic heterocycles. The lowest BCUT2D eigenvalue weighted by molar-refractivity contribution is -0.136. The summed E-state index contributed by atoms with van der Waals surface area (Å²) in [6, 6.07) is 35.0. The molecule has 5 atom stereocenters. The van der Waals surface area contributed by atoms with Crippen molar-refractivity contribution in [1.82, 2.24) is 19.3 Å². The Balaban J connectivity index is 0.000000277. The van der Waals surface area contributed by atoms with Crippen molar-refractivity contribution in [3.8, 4) is 11.5 Å². The van der Waals surface area contributed by atoms with Gasteiger partial charge in [-0.1, -0.05) is 55.0 Å². The number of carbonyl (C=O) groups excluding carboxylic acids is 5. The summed E-state index contributed by atoms with van der Waals surface area (Å²) >= 11 is 12.4. The highest BCUT2D eigenvalue weighted by molar-refractivity contribution is 7.89. The number of thiazole rings is 1. The molecule has 0 radical (unpaired) electrons. The fraction of sp³-hybridized carbons (Fsp3) is 0.375. The van der Waals surface area contributed by atoms with Crippen LogP contribution in [0.4, 0.5) is 0 Å². The molecule has 0 bridgehead atoms. The summed E-state index contributed by atoms with van der Waals surface area (Å²) in [6.45, 7) is 3.73. The maximum Gasteiger partial charge on any atom is 0.241 e. The molecule has 96 heavy (non-hydrogen) atoms. The number of fused-ring (bicyclic) bond motifs is 1. The number of amides is 1. The van der Waals surface area contributed by atoms with Gasteiger partial charge in [-0.15, -0.1) is 34.5 Å². The van der Waals surface area contributed by atoms with Crippen molar-refractivity contribution in [3.05, 3.63) is 150 Å². The summed E-state index contributed by atoms with van der Waals surface area (Å²) in [6.07, 6.45) is 3.60. The van der Waals surface area contributed by atoms with Gasteiger partial charge in [0.2, 0.25) is 26.0 Å². The van der Waals surface area contributed by atoms with E-state index in [1.54, 1.807) is 84.9 Å². The van der Waals surface area contributed by atoms with Crippen molar-refractivity contribution < 1.29 is 55.4 Å². The molecule has 32 heteroatoms. The van der Waals surface area contributed by atoms with Crippen molar-refractivity contribution in [2.45, 2.75) is 105 Å². The van der Waals surface area contributed by atoms with Crippen LogP contribution in [0.5, 0.6) is 11.5 Å². The zero-order valence-electron chi connectivity index (χ0n) is 53.1. The number of hydrogen-bond donors (Lipinski definition) is 12. The van der Waals surface area contributed by atoms with E-state index < -0.39 is 56.0 Å². The molecule has 2 heterocycles. The van der Waals surface area contributed by atoms with Crippen molar-refractivity contribution >= 4 is 117 Å². The van der Waals surface area contributed by atoms with E-state index >= 15 is 0 Å². The monoisotopic (exact) mass is 1420 g/mol. The number of Topliss-reactive ketones (excluding diaryl/α,β-unsaturated/α-hetero) is 4. The number of aromatic nitrogens is 1. The van der Waals surface area contributed by atoms with Gasteiger partial charge in [0.1, 0.15) is 23.2 Å². The molecule has 27 nitrogen and oxygen atoms in total. The lowest BCUT2D eigenvalue weighted by Gasteiger charge is -2.23. The number of sulfonamides is 2. The van der Waals surface area contributed by atoms with Crippen molar-refractivity contribution in [2.24, 2.45) is 56.0 Å². The zero-order valence-corrected chi connectivity index (χ0v) is 57.0. The van der Waals surface area contributed by atoms with Crippen LogP contribution in [0.15, 0.2) is 153 Å². The third-order valence-electron chi connectivity index (χ3n) is 14.2. The van der Waals surface area contributed by atoms with Gasteiger partial charge in [-0.2, -0.15) is 0 Å². The number of halogens is 2. The number of hydrogen-bond acceptors (Lipinski definition) is 19. The van der Waals surface area contributed by atoms with Gasteiger partial charge in [0.05, 0.1) is 69.2 Å². The van der Waals surface area contributed by atoms with E-state index in [9.17, 15) is 45.9 Å². The minimum Gasteiger partial charge on any atom is -0.493 e. The first-order valence-corrected chi connectivity index (χ1v) is 35.2. The van der Waals surface area contributed by atoms with E-state index in [1.165, 1.54) is 47.4 Å². The van der Waals surface area contributed by atoms with Crippen LogP contribution in [0, 0.1) is 16.7 Å². The van der Waals surface area contributed by atoms with Gasteiger partial charge in [0, 0.05) is 62.9 Å². The number of ether oxygens (including phenoxy) is 2. The minimum atomic E-state index is -3.78. The van der Waals surface area contributed by atoms with Crippen molar-refractivity contribution in [1.29, 1.82) is 10.8 Å². The van der Waals surface area contributed by atoms with Gasteiger partial charge < -0.3 is 59.6 Å². The molecule has 1 aromatic heterocycles. The van der Waals surface area contributed by atoms with E-state index in [1.807, 2.05) is 24.3 Å². The molecule has 0 unspecified atom stereocenters. The number of nitrogens with zero attached hydrogens (tertiary/aromatic N) is 4. The Morgan fingerprint density at radius 1 is 0.646 bits per heavy atom. The van der Waals surface area contributed by atoms with Crippen LogP contribution in [0.25, 0.3) is 10.2 Å². The van der Waals surface area contributed by atoms with Gasteiger partial charge in [0.25, 0.3) is 0 Å². The number of alkyl halides is 2. The van der Waals surface area contributed by atoms with Gasteiger partial charge in [-0.05, 0) is 130 Å². The van der Waals surface area contributed by atoms with Crippen LogP contribution < -0.4 is 59.1 Å². The number of rotatable bonds is 35. The summed E-state index contributed by atoms with van der Waals surface area (Å²) in [5, 5.41) is 24.9. The zero-order chi connectivity index (χ0) is 70.8. The van der Waals surface area contributed by atoms with E-state index in [-0.39, 0.29) is 94.2 Å². The first-order chi connectivity index (χ1) is 45.7. The maximum atomic E-state index is 13.3. The number of para-hydroxylation sites is 1. The standard InChI is InChI=1S/C21H27N5O4S.C17H20N4O2.C13H19ClN4O3S.C13H19ClN2O3S/c1-12(27)26-11-14(28)10-16(26)17(29)9-13(5-4-8-24-21(22)23)19(30)20-25-15-6-2-3-7-18(15)31-20;18-16(19)12-2-6-14(7-3-12)22-10-1-11-23-15-8-4-13(5-9-15)17(20)21;14-9-12(19)11(7-4-8-17-13(15)16)18-22(20,21)10-5-2-1-3-6-10;14-10-13(17)12(8-4-5-9-15)16-20(18,19)11-6-2-1-3-7-11/h2-3,6-7,13-14,16,28H,4-5,8-11H2,1H3,(H4,22,23,24);2-9H,1,10-11H2,(H3,18,19)(H3,20,21);1-3,5-6,11,18H,4,7-9H2,(H4,15,16,17);1-3,6-7,12,16H,4-5,8-10,15H2/t13-,14-,16+;;11-;12-/m1.00/s1. The van der Waals surface area contributed by atoms with Crippen molar-refractivity contribution in [2.75, 3.05) is 51.2 Å². The summed E-state index contributed by atoms with van der Waals surface area (Å²) in [5.74, 6) is -1.04. The largest absolute Gasteiger partial charge is 0.493 e. The Bertz CT molecular complexity index is 3680. The fourth-order valence-corrected chi connectivity index (χ4v) is 13.1. The Morgan fingerprint density at radius 3 is 1.52 bits per heavy atom. The van der Waals surface area contributed by atoms with Crippen LogP contribution in [0.3, 0.4) is 0 Å². The number of guanidine groups is 2. The number of carbonyl (C=O) groups is 5. The third kappa shape index (κ3) is 28.1. The lowest BCUT2D eigenvalue weighted by Crippen LogP contribution is -2.41. The van der Waals surface area contributed by atoms with Crippen LogP contribution in [0.2, 0.25) is 0 Å². The van der Waals surface area contributed by atoms with Crippen LogP contribution in [0.1, 0.15) is 92.1 Å². The number of nitrogens with two attached hydrogens (primary N) is 7. The fourth-order valence-electron chi connectivity index (χ4n) is 9.23. The first kappa shape index (κ1) is 80.0. The number of likely N-dealkylation sites (tertiary alicyclic amines) is 1. The molecular formula is C64H85Cl2N15O12S3. The molecule has 1 saturated heterocycles. The molecule has 6 aromatic rings. The predicted octanol–water partition coefficient (Wildman–Crippen LogP) is 4.66.